The van der Waals surface area contributed by atoms with Crippen LogP contribution in [0.1, 0.15) is 21.7 Å². The molecule has 0 fully saturated rings. The first kappa shape index (κ1) is 12.3. The lowest BCUT2D eigenvalue weighted by molar-refractivity contribution is 0.0534. The van der Waals surface area contributed by atoms with Crippen molar-refractivity contribution in [3.63, 3.8) is 0 Å². The molecule has 2 aromatic heterocycles. The minimum absolute atomic E-state index is 0.139. The highest BCUT2D eigenvalue weighted by Gasteiger charge is 2.28. The van der Waals surface area contributed by atoms with Gasteiger partial charge in [-0.3, -0.25) is 9.78 Å². The molecule has 6 heteroatoms. The maximum Gasteiger partial charge on any atom is 0.341 e. The van der Waals surface area contributed by atoms with E-state index >= 15 is 0 Å². The number of halogens is 1. The lowest BCUT2D eigenvalue weighted by atomic mass is 10.00. The van der Waals surface area contributed by atoms with Crippen LogP contribution in [0.5, 0.6) is 0 Å². The van der Waals surface area contributed by atoms with E-state index in [9.17, 15) is 9.59 Å². The Morgan fingerprint density at radius 1 is 1.29 bits per heavy atom. The Hall–Kier alpha value is -2.40. The van der Waals surface area contributed by atoms with Gasteiger partial charge < -0.3 is 9.72 Å². The van der Waals surface area contributed by atoms with Gasteiger partial charge in [-0.2, -0.15) is 0 Å². The molecule has 104 valence electrons. The molecule has 3 heterocycles. The SMILES string of the molecule is Cc1nc2c(c3c1c(=O)[nH]c1ccc(Cl)cc13)C(=O)OC2. The van der Waals surface area contributed by atoms with Crippen LogP contribution in [-0.2, 0) is 11.3 Å². The van der Waals surface area contributed by atoms with E-state index in [4.69, 9.17) is 16.3 Å². The second kappa shape index (κ2) is 4.05. The monoisotopic (exact) mass is 300 g/mol. The van der Waals surface area contributed by atoms with E-state index in [0.29, 0.717) is 38.3 Å². The molecule has 0 radical (unpaired) electrons. The molecule has 1 aromatic carbocycles. The fourth-order valence-electron chi connectivity index (χ4n) is 2.86. The van der Waals surface area contributed by atoms with Crippen LogP contribution < -0.4 is 5.56 Å². The normalized spacial score (nSPS) is 13.7. The summed E-state index contributed by atoms with van der Waals surface area (Å²) in [6, 6.07) is 5.15. The lowest BCUT2D eigenvalue weighted by Gasteiger charge is -2.09. The van der Waals surface area contributed by atoms with Crippen molar-refractivity contribution in [3.8, 4) is 0 Å². The van der Waals surface area contributed by atoms with Crippen molar-refractivity contribution in [2.75, 3.05) is 0 Å². The number of aromatic amines is 1. The first-order valence-electron chi connectivity index (χ1n) is 6.38. The molecule has 1 aliphatic heterocycles. The molecule has 5 nitrogen and oxygen atoms in total. The molecule has 0 spiro atoms. The molecular formula is C15H9ClN2O3. The Labute approximate surface area is 123 Å². The summed E-state index contributed by atoms with van der Waals surface area (Å²) in [6.45, 7) is 1.89. The van der Waals surface area contributed by atoms with Crippen LogP contribution in [-0.4, -0.2) is 15.9 Å². The van der Waals surface area contributed by atoms with E-state index in [1.165, 1.54) is 0 Å². The number of hydrogen-bond acceptors (Lipinski definition) is 4. The number of aryl methyl sites for hydroxylation is 1. The van der Waals surface area contributed by atoms with Crippen LogP contribution in [0.3, 0.4) is 0 Å². The van der Waals surface area contributed by atoms with Crippen LogP contribution in [0.15, 0.2) is 23.0 Å². The van der Waals surface area contributed by atoms with Gasteiger partial charge in [-0.1, -0.05) is 11.6 Å². The van der Waals surface area contributed by atoms with E-state index in [0.717, 1.165) is 5.39 Å². The zero-order valence-electron chi connectivity index (χ0n) is 11.0. The Morgan fingerprint density at radius 3 is 2.90 bits per heavy atom. The number of pyridine rings is 2. The number of hydrogen-bond donors (Lipinski definition) is 1. The maximum atomic E-state index is 12.3. The first-order valence-corrected chi connectivity index (χ1v) is 6.76. The molecule has 0 saturated heterocycles. The molecule has 1 aliphatic rings. The highest BCUT2D eigenvalue weighted by atomic mass is 35.5. The third-order valence-electron chi connectivity index (χ3n) is 3.72. The van der Waals surface area contributed by atoms with Crippen LogP contribution in [0.4, 0.5) is 0 Å². The smallest absolute Gasteiger partial charge is 0.341 e. The van der Waals surface area contributed by atoms with E-state index in [-0.39, 0.29) is 12.2 Å². The van der Waals surface area contributed by atoms with Crippen LogP contribution >= 0.6 is 11.6 Å². The number of fused-ring (bicyclic) bond motifs is 5. The third kappa shape index (κ3) is 1.61. The topological polar surface area (TPSA) is 72.0 Å². The van der Waals surface area contributed by atoms with Crippen LogP contribution in [0, 0.1) is 6.92 Å². The predicted molar refractivity (Wildman–Crippen MR) is 78.7 cm³/mol. The molecule has 0 bridgehead atoms. The second-order valence-electron chi connectivity index (χ2n) is 4.99. The minimum atomic E-state index is -0.450. The van der Waals surface area contributed by atoms with Gasteiger partial charge in [0.1, 0.15) is 6.61 Å². The number of carbonyl (C=O) groups excluding carboxylic acids is 1. The molecule has 1 N–H and O–H groups in total. The van der Waals surface area contributed by atoms with Gasteiger partial charge in [-0.15, -0.1) is 0 Å². The van der Waals surface area contributed by atoms with E-state index < -0.39 is 5.97 Å². The van der Waals surface area contributed by atoms with Gasteiger partial charge in [0.25, 0.3) is 5.56 Å². The van der Waals surface area contributed by atoms with Crippen LogP contribution in [0.2, 0.25) is 5.02 Å². The highest BCUT2D eigenvalue weighted by molar-refractivity contribution is 6.32. The van der Waals surface area contributed by atoms with Gasteiger partial charge in [0, 0.05) is 21.3 Å². The molecular weight excluding hydrogens is 292 g/mol. The number of benzene rings is 1. The molecule has 0 atom stereocenters. The second-order valence-corrected chi connectivity index (χ2v) is 5.43. The quantitative estimate of drug-likeness (QED) is 0.512. The largest absolute Gasteiger partial charge is 0.455 e. The number of ether oxygens (including phenoxy) is 1. The van der Waals surface area contributed by atoms with Crippen molar-refractivity contribution in [2.45, 2.75) is 13.5 Å². The molecule has 0 aliphatic carbocycles. The number of H-pyrrole nitrogens is 1. The number of carbonyl (C=O) groups is 1. The summed E-state index contributed by atoms with van der Waals surface area (Å²) in [6.07, 6.45) is 0. The van der Waals surface area contributed by atoms with Crippen molar-refractivity contribution in [1.82, 2.24) is 9.97 Å². The molecule has 0 saturated carbocycles. The van der Waals surface area contributed by atoms with Crippen LogP contribution in [0.25, 0.3) is 21.7 Å². The Morgan fingerprint density at radius 2 is 2.10 bits per heavy atom. The van der Waals surface area contributed by atoms with Gasteiger partial charge in [0.05, 0.1) is 22.3 Å². The standard InChI is InChI=1S/C15H9ClN2O3/c1-6-11-12(13-10(17-6)5-21-15(13)20)8-4-7(16)2-3-9(8)18-14(11)19/h2-4H,5H2,1H3,(H,18,19). The Kier molecular flexibility index (Phi) is 2.38. The third-order valence-corrected chi connectivity index (χ3v) is 3.96. The summed E-state index contributed by atoms with van der Waals surface area (Å²) < 4.78 is 5.06. The fourth-order valence-corrected chi connectivity index (χ4v) is 3.03. The summed E-state index contributed by atoms with van der Waals surface area (Å²) in [5.74, 6) is -0.450. The molecule has 21 heavy (non-hydrogen) atoms. The van der Waals surface area contributed by atoms with Crippen molar-refractivity contribution < 1.29 is 9.53 Å². The average Bonchev–Trinajstić information content (AvgIpc) is 2.80. The summed E-state index contributed by atoms with van der Waals surface area (Å²) in [4.78, 5) is 31.5. The van der Waals surface area contributed by atoms with E-state index in [1.54, 1.807) is 25.1 Å². The van der Waals surface area contributed by atoms with Crippen molar-refractivity contribution in [2.24, 2.45) is 0 Å². The number of esters is 1. The zero-order chi connectivity index (χ0) is 14.7. The molecule has 3 aromatic rings. The fraction of sp³-hybridized carbons (Fsp3) is 0.133. The van der Waals surface area contributed by atoms with E-state index in [1.807, 2.05) is 0 Å². The molecule has 0 unspecified atom stereocenters. The molecule has 4 rings (SSSR count). The molecule has 0 amide bonds. The van der Waals surface area contributed by atoms with Crippen molar-refractivity contribution in [1.29, 1.82) is 0 Å². The maximum absolute atomic E-state index is 12.3. The van der Waals surface area contributed by atoms with Gasteiger partial charge in [0.2, 0.25) is 0 Å². The van der Waals surface area contributed by atoms with Gasteiger partial charge in [-0.25, -0.2) is 4.79 Å². The van der Waals surface area contributed by atoms with Crippen molar-refractivity contribution >= 4 is 39.2 Å². The van der Waals surface area contributed by atoms with Gasteiger partial charge in [0.15, 0.2) is 0 Å². The number of cyclic esters (lactones) is 1. The Balaban J connectivity index is 2.38. The summed E-state index contributed by atoms with van der Waals surface area (Å²) in [5, 5.41) is 2.23. The summed E-state index contributed by atoms with van der Waals surface area (Å²) >= 11 is 6.06. The predicted octanol–water partition coefficient (Wildman–Crippen LogP) is 2.71. The van der Waals surface area contributed by atoms with Gasteiger partial charge in [-0.05, 0) is 25.1 Å². The number of aromatic nitrogens is 2. The Bertz CT molecular complexity index is 1010. The average molecular weight is 301 g/mol. The number of rotatable bonds is 0. The zero-order valence-corrected chi connectivity index (χ0v) is 11.7. The summed E-state index contributed by atoms with van der Waals surface area (Å²) in [7, 11) is 0. The lowest BCUT2D eigenvalue weighted by Crippen LogP contribution is -2.12. The van der Waals surface area contributed by atoms with Gasteiger partial charge >= 0.3 is 5.97 Å². The number of nitrogens with zero attached hydrogens (tertiary/aromatic N) is 1. The van der Waals surface area contributed by atoms with Crippen molar-refractivity contribution in [3.05, 3.63) is 50.5 Å². The minimum Gasteiger partial charge on any atom is -0.455 e. The summed E-state index contributed by atoms with van der Waals surface area (Å²) in [5.41, 5.74) is 1.87. The highest BCUT2D eigenvalue weighted by Crippen LogP contribution is 2.32. The first-order chi connectivity index (χ1) is 10.1. The number of nitrogens with one attached hydrogen (secondary N) is 1. The van der Waals surface area contributed by atoms with E-state index in [2.05, 4.69) is 9.97 Å².